The van der Waals surface area contributed by atoms with Crippen molar-refractivity contribution in [3.63, 3.8) is 0 Å². The van der Waals surface area contributed by atoms with Gasteiger partial charge in [0.1, 0.15) is 5.75 Å². The molecule has 1 saturated carbocycles. The molecule has 1 aromatic carbocycles. The number of carbonyl (C=O) groups is 1. The number of benzene rings is 1. The van der Waals surface area contributed by atoms with Crippen LogP contribution in [0.4, 0.5) is 0 Å². The van der Waals surface area contributed by atoms with E-state index in [0.717, 1.165) is 6.42 Å². The average Bonchev–Trinajstić information content (AvgIpc) is 2.49. The Morgan fingerprint density at radius 1 is 1.19 bits per heavy atom. The summed E-state index contributed by atoms with van der Waals surface area (Å²) >= 11 is 12.3. The molecule has 21 heavy (non-hydrogen) atoms. The lowest BCUT2D eigenvalue weighted by atomic mass is 9.85. The molecule has 2 rings (SSSR count). The Labute approximate surface area is 136 Å². The summed E-state index contributed by atoms with van der Waals surface area (Å²) in [4.78, 5) is 12.3. The average molecular weight is 329 g/mol. The normalized spacial score (nSPS) is 16.0. The SMILES string of the molecule is CCOc1cc(Cl)c(C(=O)CCC2CCCCC2)cc1Cl. The highest BCUT2D eigenvalue weighted by Gasteiger charge is 2.18. The standard InChI is InChI=1S/C17H22Cl2O2/c1-2-21-17-11-14(18)13(10-15(17)19)16(20)9-8-12-6-4-3-5-7-12/h10-12H,2-9H2,1H3. The van der Waals surface area contributed by atoms with Gasteiger partial charge in [0.15, 0.2) is 5.78 Å². The molecule has 116 valence electrons. The summed E-state index contributed by atoms with van der Waals surface area (Å²) in [5.74, 6) is 1.31. The quantitative estimate of drug-likeness (QED) is 0.604. The van der Waals surface area contributed by atoms with Gasteiger partial charge in [0.2, 0.25) is 0 Å². The molecule has 4 heteroatoms. The zero-order chi connectivity index (χ0) is 15.2. The van der Waals surface area contributed by atoms with E-state index in [1.165, 1.54) is 32.1 Å². The summed E-state index contributed by atoms with van der Waals surface area (Å²) in [6.45, 7) is 2.40. The number of rotatable bonds is 6. The highest BCUT2D eigenvalue weighted by Crippen LogP contribution is 2.33. The van der Waals surface area contributed by atoms with Crippen LogP contribution < -0.4 is 4.74 Å². The molecule has 1 fully saturated rings. The van der Waals surface area contributed by atoms with E-state index in [0.29, 0.717) is 40.3 Å². The fraction of sp³-hybridized carbons (Fsp3) is 0.588. The summed E-state index contributed by atoms with van der Waals surface area (Å²) in [5.41, 5.74) is 0.515. The number of ketones is 1. The Hall–Kier alpha value is -0.730. The van der Waals surface area contributed by atoms with Crippen LogP contribution in [0.3, 0.4) is 0 Å². The first-order valence-electron chi connectivity index (χ1n) is 7.76. The lowest BCUT2D eigenvalue weighted by Gasteiger charge is -2.21. The Balaban J connectivity index is 1.99. The summed E-state index contributed by atoms with van der Waals surface area (Å²) < 4.78 is 5.38. The van der Waals surface area contributed by atoms with Gasteiger partial charge in [-0.2, -0.15) is 0 Å². The van der Waals surface area contributed by atoms with Gasteiger partial charge in [-0.1, -0.05) is 55.3 Å². The minimum Gasteiger partial charge on any atom is -0.492 e. The van der Waals surface area contributed by atoms with Crippen molar-refractivity contribution in [3.8, 4) is 5.75 Å². The summed E-state index contributed by atoms with van der Waals surface area (Å²) in [5, 5.41) is 0.874. The van der Waals surface area contributed by atoms with Crippen molar-refractivity contribution in [3.05, 3.63) is 27.7 Å². The molecule has 0 N–H and O–H groups in total. The first-order chi connectivity index (χ1) is 10.1. The Morgan fingerprint density at radius 2 is 1.90 bits per heavy atom. The Bertz CT molecular complexity index is 494. The van der Waals surface area contributed by atoms with E-state index in [9.17, 15) is 4.79 Å². The number of halogens is 2. The third-order valence-electron chi connectivity index (χ3n) is 4.13. The van der Waals surface area contributed by atoms with Gasteiger partial charge in [0, 0.05) is 18.1 Å². The van der Waals surface area contributed by atoms with Gasteiger partial charge in [-0.25, -0.2) is 0 Å². The van der Waals surface area contributed by atoms with E-state index < -0.39 is 0 Å². The molecule has 0 spiro atoms. The topological polar surface area (TPSA) is 26.3 Å². The predicted molar refractivity (Wildman–Crippen MR) is 87.8 cm³/mol. The van der Waals surface area contributed by atoms with Crippen molar-refractivity contribution in [1.82, 2.24) is 0 Å². The van der Waals surface area contributed by atoms with Crippen LogP contribution in [-0.2, 0) is 0 Å². The second kappa shape index (κ2) is 8.05. The maximum absolute atomic E-state index is 12.3. The van der Waals surface area contributed by atoms with Crippen molar-refractivity contribution < 1.29 is 9.53 Å². The van der Waals surface area contributed by atoms with Crippen LogP contribution in [0.5, 0.6) is 5.75 Å². The van der Waals surface area contributed by atoms with Crippen LogP contribution in [0.25, 0.3) is 0 Å². The maximum atomic E-state index is 12.3. The first kappa shape index (κ1) is 16.6. The fourth-order valence-electron chi connectivity index (χ4n) is 2.95. The second-order valence-electron chi connectivity index (χ2n) is 5.66. The molecule has 0 atom stereocenters. The highest BCUT2D eigenvalue weighted by molar-refractivity contribution is 6.36. The largest absolute Gasteiger partial charge is 0.492 e. The molecular weight excluding hydrogens is 307 g/mol. The molecule has 0 heterocycles. The number of hydrogen-bond donors (Lipinski definition) is 0. The summed E-state index contributed by atoms with van der Waals surface area (Å²) in [6, 6.07) is 3.28. The van der Waals surface area contributed by atoms with E-state index >= 15 is 0 Å². The lowest BCUT2D eigenvalue weighted by molar-refractivity contribution is 0.0970. The van der Waals surface area contributed by atoms with Gasteiger partial charge < -0.3 is 4.74 Å². The van der Waals surface area contributed by atoms with Crippen LogP contribution in [0, 0.1) is 5.92 Å². The molecule has 0 saturated heterocycles. The van der Waals surface area contributed by atoms with E-state index in [1.807, 2.05) is 6.92 Å². The van der Waals surface area contributed by atoms with Crippen molar-refractivity contribution in [2.75, 3.05) is 6.61 Å². The van der Waals surface area contributed by atoms with Gasteiger partial charge in [-0.3, -0.25) is 4.79 Å². The summed E-state index contributed by atoms with van der Waals surface area (Å²) in [6.07, 6.45) is 7.96. The van der Waals surface area contributed by atoms with Crippen LogP contribution in [0.2, 0.25) is 10.0 Å². The molecular formula is C17H22Cl2O2. The predicted octanol–water partition coefficient (Wildman–Crippen LogP) is 5.94. The van der Waals surface area contributed by atoms with Crippen molar-refractivity contribution in [2.24, 2.45) is 5.92 Å². The van der Waals surface area contributed by atoms with E-state index in [4.69, 9.17) is 27.9 Å². The molecule has 1 aliphatic rings. The van der Waals surface area contributed by atoms with Crippen LogP contribution in [0.15, 0.2) is 12.1 Å². The van der Waals surface area contributed by atoms with E-state index in [-0.39, 0.29) is 5.78 Å². The second-order valence-corrected chi connectivity index (χ2v) is 6.48. The lowest BCUT2D eigenvalue weighted by Crippen LogP contribution is -2.09. The summed E-state index contributed by atoms with van der Waals surface area (Å²) in [7, 11) is 0. The first-order valence-corrected chi connectivity index (χ1v) is 8.52. The van der Waals surface area contributed by atoms with Gasteiger partial charge in [0.05, 0.1) is 16.7 Å². The van der Waals surface area contributed by atoms with Gasteiger partial charge >= 0.3 is 0 Å². The Morgan fingerprint density at radius 3 is 2.57 bits per heavy atom. The molecule has 2 nitrogen and oxygen atoms in total. The maximum Gasteiger partial charge on any atom is 0.164 e. The van der Waals surface area contributed by atoms with Gasteiger partial charge in [-0.05, 0) is 25.3 Å². The third kappa shape index (κ3) is 4.62. The van der Waals surface area contributed by atoms with Crippen molar-refractivity contribution >= 4 is 29.0 Å². The van der Waals surface area contributed by atoms with Crippen LogP contribution >= 0.6 is 23.2 Å². The highest BCUT2D eigenvalue weighted by atomic mass is 35.5. The molecule has 0 unspecified atom stereocenters. The molecule has 1 aromatic rings. The molecule has 0 aromatic heterocycles. The monoisotopic (exact) mass is 328 g/mol. The van der Waals surface area contributed by atoms with E-state index in [2.05, 4.69) is 0 Å². The third-order valence-corrected chi connectivity index (χ3v) is 4.73. The van der Waals surface area contributed by atoms with Crippen molar-refractivity contribution in [2.45, 2.75) is 51.9 Å². The fourth-order valence-corrected chi connectivity index (χ4v) is 3.43. The molecule has 0 amide bonds. The minimum atomic E-state index is 0.0792. The zero-order valence-electron chi connectivity index (χ0n) is 12.5. The number of ether oxygens (including phenoxy) is 1. The number of carbonyl (C=O) groups excluding carboxylic acids is 1. The Kier molecular flexibility index (Phi) is 6.38. The van der Waals surface area contributed by atoms with Crippen molar-refractivity contribution in [1.29, 1.82) is 0 Å². The van der Waals surface area contributed by atoms with Gasteiger partial charge in [-0.15, -0.1) is 0 Å². The molecule has 0 aliphatic heterocycles. The van der Waals surface area contributed by atoms with Gasteiger partial charge in [0.25, 0.3) is 0 Å². The molecule has 0 radical (unpaired) electrons. The van der Waals surface area contributed by atoms with E-state index in [1.54, 1.807) is 12.1 Å². The smallest absolute Gasteiger partial charge is 0.164 e. The molecule has 1 aliphatic carbocycles. The zero-order valence-corrected chi connectivity index (χ0v) is 14.0. The number of Topliss-reactive ketones (excluding diaryl/α,β-unsaturated/α-hetero) is 1. The number of hydrogen-bond acceptors (Lipinski definition) is 2. The minimum absolute atomic E-state index is 0.0792. The van der Waals surface area contributed by atoms with Crippen LogP contribution in [-0.4, -0.2) is 12.4 Å². The van der Waals surface area contributed by atoms with Crippen LogP contribution in [0.1, 0.15) is 62.2 Å². The molecule has 0 bridgehead atoms.